The zero-order valence-electron chi connectivity index (χ0n) is 13.3. The van der Waals surface area contributed by atoms with E-state index in [1.807, 2.05) is 65.6 Å². The summed E-state index contributed by atoms with van der Waals surface area (Å²) in [6, 6.07) is 19.4. The van der Waals surface area contributed by atoms with Crippen LogP contribution in [0.4, 0.5) is 0 Å². The lowest BCUT2D eigenvalue weighted by molar-refractivity contribution is -0.144. The first-order chi connectivity index (χ1) is 11.2. The van der Waals surface area contributed by atoms with Crippen molar-refractivity contribution in [3.05, 3.63) is 71.8 Å². The average molecular weight is 312 g/mol. The molecule has 0 aromatic heterocycles. The quantitative estimate of drug-likeness (QED) is 0.747. The van der Waals surface area contributed by atoms with Crippen molar-refractivity contribution in [1.82, 2.24) is 4.90 Å². The Labute approximate surface area is 137 Å². The molecule has 4 heteroatoms. The molecule has 0 unspecified atom stereocenters. The molecule has 122 valence electrons. The third kappa shape index (κ3) is 5.51. The van der Waals surface area contributed by atoms with E-state index in [2.05, 4.69) is 0 Å². The molecule has 0 saturated carbocycles. The van der Waals surface area contributed by atoms with E-state index >= 15 is 0 Å². The van der Waals surface area contributed by atoms with Crippen molar-refractivity contribution >= 4 is 5.97 Å². The first-order valence-corrected chi connectivity index (χ1v) is 7.95. The number of carboxylic acid groups (broad SMARTS) is 1. The SMILES string of the molecule is NCCC[C@@H](C(=O)O)N(Cc1ccccc1)Cc1ccccc1. The van der Waals surface area contributed by atoms with Gasteiger partial charge in [-0.15, -0.1) is 0 Å². The van der Waals surface area contributed by atoms with Crippen LogP contribution in [0, 0.1) is 0 Å². The number of carboxylic acids is 1. The lowest BCUT2D eigenvalue weighted by Crippen LogP contribution is -2.40. The number of hydrogen-bond acceptors (Lipinski definition) is 3. The highest BCUT2D eigenvalue weighted by Crippen LogP contribution is 2.16. The van der Waals surface area contributed by atoms with Crippen LogP contribution in [0.25, 0.3) is 0 Å². The molecule has 0 bridgehead atoms. The molecule has 3 N–H and O–H groups in total. The monoisotopic (exact) mass is 312 g/mol. The maximum absolute atomic E-state index is 11.7. The summed E-state index contributed by atoms with van der Waals surface area (Å²) in [5.74, 6) is -0.787. The minimum Gasteiger partial charge on any atom is -0.480 e. The Morgan fingerprint density at radius 1 is 0.957 bits per heavy atom. The van der Waals surface area contributed by atoms with Gasteiger partial charge < -0.3 is 10.8 Å². The predicted octanol–water partition coefficient (Wildman–Crippen LogP) is 2.88. The van der Waals surface area contributed by atoms with Crippen LogP contribution in [-0.2, 0) is 17.9 Å². The Morgan fingerprint density at radius 2 is 1.43 bits per heavy atom. The average Bonchev–Trinajstić information content (AvgIpc) is 2.56. The van der Waals surface area contributed by atoms with E-state index in [0.717, 1.165) is 11.1 Å². The van der Waals surface area contributed by atoms with Crippen molar-refractivity contribution in [1.29, 1.82) is 0 Å². The van der Waals surface area contributed by atoms with Gasteiger partial charge in [-0.25, -0.2) is 0 Å². The molecule has 2 rings (SSSR count). The van der Waals surface area contributed by atoms with Crippen LogP contribution in [-0.4, -0.2) is 28.6 Å². The van der Waals surface area contributed by atoms with Gasteiger partial charge in [-0.2, -0.15) is 0 Å². The van der Waals surface area contributed by atoms with E-state index in [1.165, 1.54) is 0 Å². The molecule has 0 radical (unpaired) electrons. The van der Waals surface area contributed by atoms with Crippen molar-refractivity contribution in [3.8, 4) is 0 Å². The number of aliphatic carboxylic acids is 1. The molecule has 0 saturated heterocycles. The number of hydrogen-bond donors (Lipinski definition) is 2. The van der Waals surface area contributed by atoms with Crippen LogP contribution in [0.5, 0.6) is 0 Å². The van der Waals surface area contributed by atoms with Crippen LogP contribution >= 0.6 is 0 Å². The Bertz CT molecular complexity index is 545. The molecular formula is C19H24N2O2. The van der Waals surface area contributed by atoms with Crippen molar-refractivity contribution in [3.63, 3.8) is 0 Å². The Hall–Kier alpha value is -2.17. The Balaban J connectivity index is 2.19. The van der Waals surface area contributed by atoms with E-state index in [-0.39, 0.29) is 0 Å². The number of nitrogens with two attached hydrogens (primary N) is 1. The summed E-state index contributed by atoms with van der Waals surface area (Å²) >= 11 is 0. The van der Waals surface area contributed by atoms with Gasteiger partial charge in [0.2, 0.25) is 0 Å². The molecule has 0 heterocycles. The van der Waals surface area contributed by atoms with Gasteiger partial charge in [0.25, 0.3) is 0 Å². The molecule has 1 atom stereocenters. The van der Waals surface area contributed by atoms with Gasteiger partial charge in [-0.05, 0) is 30.5 Å². The Morgan fingerprint density at radius 3 is 1.83 bits per heavy atom. The maximum Gasteiger partial charge on any atom is 0.320 e. The van der Waals surface area contributed by atoms with E-state index in [1.54, 1.807) is 0 Å². The minimum atomic E-state index is -0.787. The second kappa shape index (κ2) is 9.08. The van der Waals surface area contributed by atoms with Crippen LogP contribution in [0.2, 0.25) is 0 Å². The van der Waals surface area contributed by atoms with Crippen LogP contribution < -0.4 is 5.73 Å². The third-order valence-electron chi connectivity index (χ3n) is 3.86. The lowest BCUT2D eigenvalue weighted by atomic mass is 10.1. The van der Waals surface area contributed by atoms with E-state index < -0.39 is 12.0 Å². The van der Waals surface area contributed by atoms with Gasteiger partial charge in [0, 0.05) is 13.1 Å². The summed E-state index contributed by atoms with van der Waals surface area (Å²) < 4.78 is 0. The molecule has 0 aliphatic carbocycles. The van der Waals surface area contributed by atoms with E-state index in [4.69, 9.17) is 5.73 Å². The zero-order valence-corrected chi connectivity index (χ0v) is 13.3. The van der Waals surface area contributed by atoms with Gasteiger partial charge in [-0.1, -0.05) is 60.7 Å². The zero-order chi connectivity index (χ0) is 16.5. The first kappa shape index (κ1) is 17.2. The summed E-state index contributed by atoms with van der Waals surface area (Å²) in [6.45, 7) is 1.73. The van der Waals surface area contributed by atoms with Crippen LogP contribution in [0.3, 0.4) is 0 Å². The van der Waals surface area contributed by atoms with Crippen LogP contribution in [0.15, 0.2) is 60.7 Å². The molecule has 4 nitrogen and oxygen atoms in total. The van der Waals surface area contributed by atoms with Crippen molar-refractivity contribution in [2.45, 2.75) is 32.0 Å². The normalized spacial score (nSPS) is 12.3. The van der Waals surface area contributed by atoms with Gasteiger partial charge in [0.05, 0.1) is 0 Å². The second-order valence-corrected chi connectivity index (χ2v) is 5.66. The fourth-order valence-corrected chi connectivity index (χ4v) is 2.69. The molecule has 0 aliphatic heterocycles. The third-order valence-corrected chi connectivity index (χ3v) is 3.86. The largest absolute Gasteiger partial charge is 0.480 e. The second-order valence-electron chi connectivity index (χ2n) is 5.66. The summed E-state index contributed by atoms with van der Waals surface area (Å²) in [4.78, 5) is 13.8. The fraction of sp³-hybridized carbons (Fsp3) is 0.316. The topological polar surface area (TPSA) is 66.6 Å². The molecule has 0 amide bonds. The van der Waals surface area contributed by atoms with Crippen molar-refractivity contribution < 1.29 is 9.90 Å². The van der Waals surface area contributed by atoms with Crippen LogP contribution in [0.1, 0.15) is 24.0 Å². The number of rotatable bonds is 9. The molecule has 0 aliphatic rings. The summed E-state index contributed by atoms with van der Waals surface area (Å²) in [5, 5.41) is 9.64. The minimum absolute atomic E-state index is 0.508. The van der Waals surface area contributed by atoms with Gasteiger partial charge in [0.1, 0.15) is 6.04 Å². The van der Waals surface area contributed by atoms with E-state index in [9.17, 15) is 9.90 Å². The van der Waals surface area contributed by atoms with Crippen molar-refractivity contribution in [2.75, 3.05) is 6.54 Å². The van der Waals surface area contributed by atoms with E-state index in [0.29, 0.717) is 32.5 Å². The molecule has 0 fully saturated rings. The maximum atomic E-state index is 11.7. The molecule has 2 aromatic carbocycles. The smallest absolute Gasteiger partial charge is 0.320 e. The van der Waals surface area contributed by atoms with Gasteiger partial charge in [-0.3, -0.25) is 9.69 Å². The molecule has 23 heavy (non-hydrogen) atoms. The first-order valence-electron chi connectivity index (χ1n) is 7.95. The van der Waals surface area contributed by atoms with Crippen molar-refractivity contribution in [2.24, 2.45) is 5.73 Å². The highest BCUT2D eigenvalue weighted by molar-refractivity contribution is 5.73. The van der Waals surface area contributed by atoms with Gasteiger partial charge >= 0.3 is 5.97 Å². The molecule has 2 aromatic rings. The number of nitrogens with zero attached hydrogens (tertiary/aromatic N) is 1. The van der Waals surface area contributed by atoms with Gasteiger partial charge in [0.15, 0.2) is 0 Å². The fourth-order valence-electron chi connectivity index (χ4n) is 2.69. The molecular weight excluding hydrogens is 288 g/mol. The standard InChI is InChI=1S/C19H24N2O2/c20-13-7-12-18(19(22)23)21(14-16-8-3-1-4-9-16)15-17-10-5-2-6-11-17/h1-6,8-11,18H,7,12-15,20H2,(H,22,23)/t18-/m0/s1. The highest BCUT2D eigenvalue weighted by Gasteiger charge is 2.25. The highest BCUT2D eigenvalue weighted by atomic mass is 16.4. The molecule has 0 spiro atoms. The predicted molar refractivity (Wildman–Crippen MR) is 91.8 cm³/mol. The summed E-state index contributed by atoms with van der Waals surface area (Å²) in [6.07, 6.45) is 1.27. The number of carbonyl (C=O) groups is 1. The summed E-state index contributed by atoms with van der Waals surface area (Å²) in [5.41, 5.74) is 7.80. The Kier molecular flexibility index (Phi) is 6.78. The lowest BCUT2D eigenvalue weighted by Gasteiger charge is -2.29. The summed E-state index contributed by atoms with van der Waals surface area (Å²) in [7, 11) is 0. The number of benzene rings is 2.